The van der Waals surface area contributed by atoms with E-state index in [1.165, 1.54) is 24.3 Å². The molecule has 0 fully saturated rings. The maximum atomic E-state index is 13.2. The number of pyridine rings is 2. The zero-order valence-corrected chi connectivity index (χ0v) is 15.4. The number of fused-ring (bicyclic) bond motifs is 1. The molecule has 2 aromatic carbocycles. The molecule has 0 saturated carbocycles. The molecule has 1 N–H and O–H groups in total. The number of phenols is 1. The molecule has 0 aliphatic heterocycles. The number of alkyl halides is 3. The van der Waals surface area contributed by atoms with Crippen LogP contribution in [0.1, 0.15) is 5.56 Å². The number of aromatic nitrogens is 2. The lowest BCUT2D eigenvalue weighted by Crippen LogP contribution is -2.05. The summed E-state index contributed by atoms with van der Waals surface area (Å²) >= 11 is 5.96. The molecule has 0 radical (unpaired) electrons. The molecule has 0 aliphatic carbocycles. The Balaban J connectivity index is 1.82. The molecule has 8 heteroatoms. The van der Waals surface area contributed by atoms with Gasteiger partial charge in [0.25, 0.3) is 0 Å². The third kappa shape index (κ3) is 3.95. The largest absolute Gasteiger partial charge is 0.506 e. The molecule has 29 heavy (non-hydrogen) atoms. The van der Waals surface area contributed by atoms with Crippen molar-refractivity contribution in [2.75, 3.05) is 0 Å². The lowest BCUT2D eigenvalue weighted by atomic mass is 10.0. The fourth-order valence-electron chi connectivity index (χ4n) is 2.81. The standard InChI is InChI=1S/C21H12ClF3N2O2/c22-16-9-12(1-5-18(16)28)15-4-3-14(21(23,24)25)10-19(15)29-20-6-2-13-11-26-8-7-17(13)27-20/h1-11,28H. The molecule has 0 unspecified atom stereocenters. The number of hydrogen-bond donors (Lipinski definition) is 1. The van der Waals surface area contributed by atoms with Gasteiger partial charge in [0.15, 0.2) is 0 Å². The predicted octanol–water partition coefficient (Wildman–Crippen LogP) is 6.47. The lowest BCUT2D eigenvalue weighted by Gasteiger charge is -2.15. The van der Waals surface area contributed by atoms with Crippen LogP contribution < -0.4 is 4.74 Å². The van der Waals surface area contributed by atoms with E-state index in [1.807, 2.05) is 0 Å². The Morgan fingerprint density at radius 2 is 1.79 bits per heavy atom. The molecule has 4 rings (SSSR count). The van der Waals surface area contributed by atoms with Crippen LogP contribution in [0.15, 0.2) is 67.0 Å². The quantitative estimate of drug-likeness (QED) is 0.416. The molecular weight excluding hydrogens is 405 g/mol. The van der Waals surface area contributed by atoms with Crippen LogP contribution in [-0.2, 0) is 6.18 Å². The minimum absolute atomic E-state index is 0.0394. The Morgan fingerprint density at radius 1 is 0.966 bits per heavy atom. The third-order valence-electron chi connectivity index (χ3n) is 4.25. The van der Waals surface area contributed by atoms with Crippen LogP contribution in [0.25, 0.3) is 22.0 Å². The second kappa shape index (κ2) is 7.25. The molecule has 0 saturated heterocycles. The van der Waals surface area contributed by atoms with Crippen LogP contribution in [0.5, 0.6) is 17.4 Å². The molecule has 2 heterocycles. The summed E-state index contributed by atoms with van der Waals surface area (Å²) in [6, 6.07) is 12.5. The maximum absolute atomic E-state index is 13.2. The van der Waals surface area contributed by atoms with Gasteiger partial charge >= 0.3 is 6.18 Å². The minimum Gasteiger partial charge on any atom is -0.506 e. The van der Waals surface area contributed by atoms with E-state index in [0.29, 0.717) is 16.6 Å². The summed E-state index contributed by atoms with van der Waals surface area (Å²) in [7, 11) is 0. The highest BCUT2D eigenvalue weighted by molar-refractivity contribution is 6.32. The van der Waals surface area contributed by atoms with E-state index in [2.05, 4.69) is 9.97 Å². The average Bonchev–Trinajstić information content (AvgIpc) is 2.69. The third-order valence-corrected chi connectivity index (χ3v) is 4.55. The van der Waals surface area contributed by atoms with E-state index in [4.69, 9.17) is 16.3 Å². The van der Waals surface area contributed by atoms with Gasteiger partial charge in [-0.3, -0.25) is 4.98 Å². The molecule has 146 valence electrons. The van der Waals surface area contributed by atoms with E-state index in [9.17, 15) is 18.3 Å². The highest BCUT2D eigenvalue weighted by Crippen LogP contribution is 2.40. The second-order valence-electron chi connectivity index (χ2n) is 6.19. The van der Waals surface area contributed by atoms with Crippen molar-refractivity contribution in [1.29, 1.82) is 0 Å². The van der Waals surface area contributed by atoms with E-state index < -0.39 is 11.7 Å². The van der Waals surface area contributed by atoms with Crippen molar-refractivity contribution in [1.82, 2.24) is 9.97 Å². The molecular formula is C21H12ClF3N2O2. The molecule has 2 aromatic heterocycles. The number of phenolic OH excluding ortho intramolecular Hbond substituents is 1. The number of ether oxygens (including phenoxy) is 1. The van der Waals surface area contributed by atoms with Crippen LogP contribution in [-0.4, -0.2) is 15.1 Å². The molecule has 0 atom stereocenters. The number of halogens is 4. The number of rotatable bonds is 3. The van der Waals surface area contributed by atoms with Crippen molar-refractivity contribution in [3.05, 3.63) is 77.6 Å². The Morgan fingerprint density at radius 3 is 2.55 bits per heavy atom. The average molecular weight is 417 g/mol. The molecule has 4 nitrogen and oxygen atoms in total. The summed E-state index contributed by atoms with van der Waals surface area (Å²) in [6.45, 7) is 0. The summed E-state index contributed by atoms with van der Waals surface area (Å²) in [5.74, 6) is -0.0359. The van der Waals surface area contributed by atoms with Gasteiger partial charge in [0.2, 0.25) is 5.88 Å². The van der Waals surface area contributed by atoms with E-state index >= 15 is 0 Å². The molecule has 4 aromatic rings. The van der Waals surface area contributed by atoms with E-state index in [1.54, 1.807) is 30.6 Å². The van der Waals surface area contributed by atoms with Crippen LogP contribution in [0.3, 0.4) is 0 Å². The summed E-state index contributed by atoms with van der Waals surface area (Å²) in [5, 5.41) is 10.5. The van der Waals surface area contributed by atoms with E-state index in [0.717, 1.165) is 17.5 Å². The van der Waals surface area contributed by atoms with Crippen molar-refractivity contribution >= 4 is 22.5 Å². The number of benzene rings is 2. The van der Waals surface area contributed by atoms with Gasteiger partial charge in [-0.1, -0.05) is 23.7 Å². The van der Waals surface area contributed by atoms with Gasteiger partial charge in [-0.25, -0.2) is 4.98 Å². The topological polar surface area (TPSA) is 55.2 Å². The number of hydrogen-bond acceptors (Lipinski definition) is 4. The Bertz CT molecular complexity index is 1210. The van der Waals surface area contributed by atoms with Gasteiger partial charge < -0.3 is 9.84 Å². The maximum Gasteiger partial charge on any atom is 0.416 e. The SMILES string of the molecule is Oc1ccc(-c2ccc(C(F)(F)F)cc2Oc2ccc3cnccc3n2)cc1Cl. The summed E-state index contributed by atoms with van der Waals surface area (Å²) in [5.41, 5.74) is 0.600. The molecule has 0 bridgehead atoms. The first-order valence-electron chi connectivity index (χ1n) is 8.40. The fraction of sp³-hybridized carbons (Fsp3) is 0.0476. The highest BCUT2D eigenvalue weighted by Gasteiger charge is 2.31. The van der Waals surface area contributed by atoms with Crippen molar-refractivity contribution < 1.29 is 23.0 Å². The first-order chi connectivity index (χ1) is 13.8. The van der Waals surface area contributed by atoms with Crippen LogP contribution >= 0.6 is 11.6 Å². The first kappa shape index (κ1) is 19.0. The number of nitrogens with zero attached hydrogens (tertiary/aromatic N) is 2. The smallest absolute Gasteiger partial charge is 0.416 e. The fourth-order valence-corrected chi connectivity index (χ4v) is 2.99. The van der Waals surface area contributed by atoms with Crippen molar-refractivity contribution in [2.24, 2.45) is 0 Å². The zero-order chi connectivity index (χ0) is 20.6. The summed E-state index contributed by atoms with van der Waals surface area (Å²) in [6.07, 6.45) is -1.35. The Hall–Kier alpha value is -3.32. The predicted molar refractivity (Wildman–Crippen MR) is 103 cm³/mol. The zero-order valence-electron chi connectivity index (χ0n) is 14.6. The van der Waals surface area contributed by atoms with Crippen LogP contribution in [0.4, 0.5) is 13.2 Å². The second-order valence-corrected chi connectivity index (χ2v) is 6.60. The molecule has 0 aliphatic rings. The Labute approximate surface area is 168 Å². The number of aromatic hydroxyl groups is 1. The van der Waals surface area contributed by atoms with Gasteiger partial charge in [-0.2, -0.15) is 13.2 Å². The normalized spacial score (nSPS) is 11.6. The minimum atomic E-state index is -4.54. The molecule has 0 amide bonds. The summed E-state index contributed by atoms with van der Waals surface area (Å²) < 4.78 is 45.4. The monoisotopic (exact) mass is 416 g/mol. The first-order valence-corrected chi connectivity index (χ1v) is 8.78. The molecule has 0 spiro atoms. The van der Waals surface area contributed by atoms with Crippen molar-refractivity contribution in [3.63, 3.8) is 0 Å². The van der Waals surface area contributed by atoms with Gasteiger partial charge in [0.05, 0.1) is 16.1 Å². The summed E-state index contributed by atoms with van der Waals surface area (Å²) in [4.78, 5) is 8.31. The highest BCUT2D eigenvalue weighted by atomic mass is 35.5. The Kier molecular flexibility index (Phi) is 4.76. The van der Waals surface area contributed by atoms with Gasteiger partial charge in [-0.15, -0.1) is 0 Å². The van der Waals surface area contributed by atoms with Crippen LogP contribution in [0, 0.1) is 0 Å². The van der Waals surface area contributed by atoms with Gasteiger partial charge in [-0.05, 0) is 42.0 Å². The van der Waals surface area contributed by atoms with E-state index in [-0.39, 0.29) is 22.4 Å². The lowest BCUT2D eigenvalue weighted by molar-refractivity contribution is -0.137. The van der Waals surface area contributed by atoms with Crippen molar-refractivity contribution in [3.8, 4) is 28.5 Å². The van der Waals surface area contributed by atoms with Crippen LogP contribution in [0.2, 0.25) is 5.02 Å². The van der Waals surface area contributed by atoms with Crippen molar-refractivity contribution in [2.45, 2.75) is 6.18 Å². The van der Waals surface area contributed by atoms with Gasteiger partial charge in [0.1, 0.15) is 11.5 Å². The van der Waals surface area contributed by atoms with Gasteiger partial charge in [0, 0.05) is 29.4 Å².